The Morgan fingerprint density at radius 3 is 2.83 bits per heavy atom. The second kappa shape index (κ2) is 4.07. The minimum atomic E-state index is 0.597. The van der Waals surface area contributed by atoms with E-state index >= 15 is 0 Å². The lowest BCUT2D eigenvalue weighted by atomic mass is 10.0. The van der Waals surface area contributed by atoms with Gasteiger partial charge in [-0.3, -0.25) is 9.20 Å². The molecular weight excluding hydrogens is 244 g/mol. The van der Waals surface area contributed by atoms with Crippen LogP contribution in [0.4, 0.5) is 0 Å². The number of aromatic nitrogens is 2. The van der Waals surface area contributed by atoms with E-state index in [1.165, 1.54) is 11.1 Å². The third-order valence-corrected chi connectivity index (χ3v) is 4.04. The molecule has 2 heterocycles. The van der Waals surface area contributed by atoms with Crippen LogP contribution < -0.4 is 0 Å². The van der Waals surface area contributed by atoms with Gasteiger partial charge in [-0.2, -0.15) is 0 Å². The summed E-state index contributed by atoms with van der Waals surface area (Å²) in [6, 6.07) is 6.33. The maximum Gasteiger partial charge on any atom is 0.194 e. The summed E-state index contributed by atoms with van der Waals surface area (Å²) in [6.07, 6.45) is 2.46. The van der Waals surface area contributed by atoms with E-state index in [1.54, 1.807) is 17.5 Å². The standard InChI is InChI=1S/C14H12N2OS/c1-9-3-4-11(5-10(9)2)13-8-18-14-15-6-12(7-17)16(13)14/h3-8H,1-2H3. The number of hydrogen-bond donors (Lipinski definition) is 0. The van der Waals surface area contributed by atoms with Crippen molar-refractivity contribution < 1.29 is 4.79 Å². The van der Waals surface area contributed by atoms with Gasteiger partial charge in [0.05, 0.1) is 11.9 Å². The highest BCUT2D eigenvalue weighted by Gasteiger charge is 2.11. The van der Waals surface area contributed by atoms with E-state index in [4.69, 9.17) is 0 Å². The van der Waals surface area contributed by atoms with Crippen molar-refractivity contribution >= 4 is 22.6 Å². The molecule has 0 N–H and O–H groups in total. The van der Waals surface area contributed by atoms with Crippen LogP contribution in [0.1, 0.15) is 21.6 Å². The Morgan fingerprint density at radius 2 is 2.11 bits per heavy atom. The van der Waals surface area contributed by atoms with Gasteiger partial charge in [0.15, 0.2) is 11.2 Å². The number of nitrogens with zero attached hydrogens (tertiary/aromatic N) is 2. The molecule has 3 nitrogen and oxygen atoms in total. The third-order valence-electron chi connectivity index (χ3n) is 3.20. The monoisotopic (exact) mass is 256 g/mol. The number of aryl methyl sites for hydroxylation is 2. The van der Waals surface area contributed by atoms with Crippen molar-refractivity contribution in [2.75, 3.05) is 0 Å². The van der Waals surface area contributed by atoms with E-state index in [0.717, 1.165) is 22.5 Å². The average molecular weight is 256 g/mol. The Bertz CT molecular complexity index is 739. The molecule has 3 rings (SSSR count). The summed E-state index contributed by atoms with van der Waals surface area (Å²) in [5.74, 6) is 0. The van der Waals surface area contributed by atoms with Gasteiger partial charge in [-0.25, -0.2) is 4.98 Å². The predicted molar refractivity (Wildman–Crippen MR) is 73.4 cm³/mol. The molecule has 0 atom stereocenters. The van der Waals surface area contributed by atoms with Crippen LogP contribution in [0.5, 0.6) is 0 Å². The number of carbonyl (C=O) groups excluding carboxylic acids is 1. The minimum absolute atomic E-state index is 0.597. The molecule has 18 heavy (non-hydrogen) atoms. The minimum Gasteiger partial charge on any atom is -0.296 e. The SMILES string of the molecule is Cc1ccc(-c2csc3ncc(C=O)n23)cc1C. The Kier molecular flexibility index (Phi) is 2.52. The molecular formula is C14H12N2OS. The normalized spacial score (nSPS) is 11.0. The summed E-state index contributed by atoms with van der Waals surface area (Å²) in [5.41, 5.74) is 5.26. The highest BCUT2D eigenvalue weighted by atomic mass is 32.1. The maximum atomic E-state index is 11.0. The lowest BCUT2D eigenvalue weighted by Gasteiger charge is -2.05. The highest BCUT2D eigenvalue weighted by molar-refractivity contribution is 7.15. The van der Waals surface area contributed by atoms with Crippen molar-refractivity contribution in [3.8, 4) is 11.3 Å². The second-order valence-corrected chi connectivity index (χ2v) is 5.18. The summed E-state index contributed by atoms with van der Waals surface area (Å²) < 4.78 is 1.90. The molecule has 0 spiro atoms. The molecule has 4 heteroatoms. The van der Waals surface area contributed by atoms with E-state index in [1.807, 2.05) is 9.78 Å². The first-order valence-corrected chi connectivity index (χ1v) is 6.56. The van der Waals surface area contributed by atoms with Crippen LogP contribution in [-0.4, -0.2) is 15.7 Å². The maximum absolute atomic E-state index is 11.0. The van der Waals surface area contributed by atoms with Gasteiger partial charge in [-0.05, 0) is 36.6 Å². The lowest BCUT2D eigenvalue weighted by molar-refractivity contribution is 0.111. The van der Waals surface area contributed by atoms with E-state index < -0.39 is 0 Å². The summed E-state index contributed by atoms with van der Waals surface area (Å²) in [4.78, 5) is 16.1. The van der Waals surface area contributed by atoms with E-state index in [-0.39, 0.29) is 0 Å². The Hall–Kier alpha value is -1.94. The number of imidazole rings is 1. The quantitative estimate of drug-likeness (QED) is 0.658. The largest absolute Gasteiger partial charge is 0.296 e. The van der Waals surface area contributed by atoms with Gasteiger partial charge in [-0.15, -0.1) is 11.3 Å². The number of carbonyl (C=O) groups is 1. The topological polar surface area (TPSA) is 34.4 Å². The number of benzene rings is 1. The molecule has 0 saturated carbocycles. The summed E-state index contributed by atoms with van der Waals surface area (Å²) in [6.45, 7) is 4.19. The fourth-order valence-electron chi connectivity index (χ4n) is 2.01. The number of rotatable bonds is 2. The molecule has 0 saturated heterocycles. The molecule has 0 amide bonds. The molecule has 0 fully saturated rings. The first-order valence-electron chi connectivity index (χ1n) is 5.68. The van der Waals surface area contributed by atoms with Crippen LogP contribution in [-0.2, 0) is 0 Å². The molecule has 2 aromatic heterocycles. The van der Waals surface area contributed by atoms with Crippen LogP contribution >= 0.6 is 11.3 Å². The smallest absolute Gasteiger partial charge is 0.194 e. The number of hydrogen-bond acceptors (Lipinski definition) is 3. The molecule has 90 valence electrons. The Labute approximate surface area is 109 Å². The van der Waals surface area contributed by atoms with Gasteiger partial charge in [-0.1, -0.05) is 12.1 Å². The summed E-state index contributed by atoms with van der Waals surface area (Å²) >= 11 is 1.55. The summed E-state index contributed by atoms with van der Waals surface area (Å²) in [7, 11) is 0. The molecule has 0 unspecified atom stereocenters. The summed E-state index contributed by atoms with van der Waals surface area (Å²) in [5, 5.41) is 2.04. The third kappa shape index (κ3) is 1.57. The molecule has 3 aromatic rings. The number of fused-ring (bicyclic) bond motifs is 1. The van der Waals surface area contributed by atoms with Gasteiger partial charge >= 0.3 is 0 Å². The van der Waals surface area contributed by atoms with E-state index in [9.17, 15) is 4.79 Å². The van der Waals surface area contributed by atoms with Crippen LogP contribution in [0.15, 0.2) is 29.8 Å². The molecule has 1 aromatic carbocycles. The van der Waals surface area contributed by atoms with Crippen molar-refractivity contribution in [3.63, 3.8) is 0 Å². The van der Waals surface area contributed by atoms with Crippen molar-refractivity contribution in [2.24, 2.45) is 0 Å². The Balaban J connectivity index is 2.27. The molecule has 0 aliphatic carbocycles. The van der Waals surface area contributed by atoms with Gasteiger partial charge in [0.1, 0.15) is 5.69 Å². The van der Waals surface area contributed by atoms with Crippen LogP contribution in [0.3, 0.4) is 0 Å². The number of thiazole rings is 1. The van der Waals surface area contributed by atoms with Crippen molar-refractivity contribution in [2.45, 2.75) is 13.8 Å². The van der Waals surface area contributed by atoms with Gasteiger partial charge in [0.25, 0.3) is 0 Å². The molecule has 0 aliphatic rings. The first kappa shape index (κ1) is 11.2. The fourth-order valence-corrected chi connectivity index (χ4v) is 2.90. The second-order valence-electron chi connectivity index (χ2n) is 4.34. The Morgan fingerprint density at radius 1 is 1.28 bits per heavy atom. The van der Waals surface area contributed by atoms with Gasteiger partial charge in [0.2, 0.25) is 0 Å². The molecule has 0 aliphatic heterocycles. The first-order chi connectivity index (χ1) is 8.70. The molecule has 0 bridgehead atoms. The van der Waals surface area contributed by atoms with Crippen LogP contribution in [0.25, 0.3) is 16.2 Å². The van der Waals surface area contributed by atoms with E-state index in [2.05, 4.69) is 37.0 Å². The van der Waals surface area contributed by atoms with Crippen molar-refractivity contribution in [1.29, 1.82) is 0 Å². The zero-order valence-corrected chi connectivity index (χ0v) is 11.0. The van der Waals surface area contributed by atoms with E-state index in [0.29, 0.717) is 5.69 Å². The van der Waals surface area contributed by atoms with Gasteiger partial charge < -0.3 is 0 Å². The molecule has 0 radical (unpaired) electrons. The fraction of sp³-hybridized carbons (Fsp3) is 0.143. The lowest BCUT2D eigenvalue weighted by Crippen LogP contribution is -1.92. The zero-order valence-electron chi connectivity index (χ0n) is 10.2. The van der Waals surface area contributed by atoms with Gasteiger partial charge in [0, 0.05) is 5.38 Å². The predicted octanol–water partition coefficient (Wildman–Crippen LogP) is 3.49. The van der Waals surface area contributed by atoms with Crippen LogP contribution in [0, 0.1) is 13.8 Å². The van der Waals surface area contributed by atoms with Crippen LogP contribution in [0.2, 0.25) is 0 Å². The zero-order chi connectivity index (χ0) is 12.7. The number of aldehydes is 1. The van der Waals surface area contributed by atoms with Crippen molar-refractivity contribution in [1.82, 2.24) is 9.38 Å². The van der Waals surface area contributed by atoms with Crippen molar-refractivity contribution in [3.05, 3.63) is 46.6 Å². The highest BCUT2D eigenvalue weighted by Crippen LogP contribution is 2.28. The average Bonchev–Trinajstić information content (AvgIpc) is 2.93.